The number of furan rings is 2. The minimum absolute atomic E-state index is 0.0000613. The lowest BCUT2D eigenvalue weighted by Crippen LogP contribution is -2.01. The van der Waals surface area contributed by atoms with Crippen molar-refractivity contribution in [2.45, 2.75) is 0 Å². The molecule has 7 aromatic carbocycles. The zero-order chi connectivity index (χ0) is 44.3. The standard InChI is InChI=1S/C45H27N3O2/c1-3-12-28(13-4-1)29-22-24-30(25-23-29)32-26-37(41-35-17-8-10-21-39(35)49-40(41)27-32)45-47-43(31-14-5-2-6-15-31)46-44(48-45)36-19-11-18-34-33-16-7-9-20-38(33)50-42(34)36/h1-27H/i1D,3D,4D,8D,10D,12D,13D,21D,22D,23D,24D,25D,27D. The summed E-state index contributed by atoms with van der Waals surface area (Å²) in [6, 6.07) is 17.0. The number of benzene rings is 7. The molecule has 0 N–H and O–H groups in total. The third kappa shape index (κ3) is 4.67. The smallest absolute Gasteiger partial charge is 0.167 e. The first-order valence-corrected chi connectivity index (χ1v) is 15.5. The quantitative estimate of drug-likeness (QED) is 0.185. The molecule has 0 amide bonds. The predicted molar refractivity (Wildman–Crippen MR) is 202 cm³/mol. The number of hydrogen-bond acceptors (Lipinski definition) is 5. The number of para-hydroxylation sites is 3. The molecule has 0 aliphatic rings. The molecule has 3 aromatic heterocycles. The molecule has 3 heterocycles. The Labute approximate surface area is 305 Å². The molecule has 0 bridgehead atoms. The van der Waals surface area contributed by atoms with E-state index in [2.05, 4.69) is 0 Å². The van der Waals surface area contributed by atoms with Crippen molar-refractivity contribution in [3.63, 3.8) is 0 Å². The van der Waals surface area contributed by atoms with Gasteiger partial charge in [-0.05, 0) is 52.5 Å². The van der Waals surface area contributed by atoms with E-state index in [1.807, 2.05) is 66.7 Å². The summed E-state index contributed by atoms with van der Waals surface area (Å²) in [5, 5.41) is 2.04. The largest absolute Gasteiger partial charge is 0.456 e. The molecular weight excluding hydrogens is 615 g/mol. The molecule has 0 saturated carbocycles. The lowest BCUT2D eigenvalue weighted by atomic mass is 9.96. The van der Waals surface area contributed by atoms with Crippen LogP contribution in [-0.2, 0) is 0 Å². The minimum Gasteiger partial charge on any atom is -0.456 e. The molecule has 0 aliphatic heterocycles. The van der Waals surface area contributed by atoms with Gasteiger partial charge in [0.15, 0.2) is 17.5 Å². The van der Waals surface area contributed by atoms with E-state index in [0.29, 0.717) is 22.3 Å². The van der Waals surface area contributed by atoms with E-state index in [-0.39, 0.29) is 62.1 Å². The maximum atomic E-state index is 9.51. The predicted octanol–water partition coefficient (Wildman–Crippen LogP) is 12.0. The second-order valence-corrected chi connectivity index (χ2v) is 11.4. The average molecular weight is 655 g/mol. The van der Waals surface area contributed by atoms with E-state index < -0.39 is 83.6 Å². The molecular formula is C45H27N3O2. The van der Waals surface area contributed by atoms with Crippen molar-refractivity contribution >= 4 is 43.9 Å². The van der Waals surface area contributed by atoms with E-state index in [1.54, 1.807) is 6.07 Å². The monoisotopic (exact) mass is 654 g/mol. The first kappa shape index (κ1) is 18.1. The van der Waals surface area contributed by atoms with Crippen LogP contribution in [0, 0.1) is 0 Å². The van der Waals surface area contributed by atoms with Gasteiger partial charge >= 0.3 is 0 Å². The molecule has 10 rings (SSSR count). The Bertz CT molecular complexity index is 3570. The van der Waals surface area contributed by atoms with Crippen LogP contribution in [0.3, 0.4) is 0 Å². The summed E-state index contributed by atoms with van der Waals surface area (Å²) in [7, 11) is 0. The minimum atomic E-state index is -0.728. The van der Waals surface area contributed by atoms with E-state index in [1.165, 1.54) is 12.1 Å². The molecule has 0 unspecified atom stereocenters. The first-order valence-electron chi connectivity index (χ1n) is 22.0. The lowest BCUT2D eigenvalue weighted by Gasteiger charge is -2.11. The molecule has 0 saturated heterocycles. The highest BCUT2D eigenvalue weighted by atomic mass is 16.3. The molecule has 0 fully saturated rings. The fourth-order valence-electron chi connectivity index (χ4n) is 6.12. The van der Waals surface area contributed by atoms with E-state index in [4.69, 9.17) is 37.5 Å². The highest BCUT2D eigenvalue weighted by molar-refractivity contribution is 6.13. The van der Waals surface area contributed by atoms with Crippen LogP contribution < -0.4 is 0 Å². The lowest BCUT2D eigenvalue weighted by molar-refractivity contribution is 0.668. The summed E-state index contributed by atoms with van der Waals surface area (Å²) in [5.41, 5.74) is 0.464. The first-order chi connectivity index (χ1) is 30.2. The van der Waals surface area contributed by atoms with Gasteiger partial charge in [0.1, 0.15) is 22.3 Å². The van der Waals surface area contributed by atoms with E-state index in [0.717, 1.165) is 10.8 Å². The maximum absolute atomic E-state index is 9.51. The van der Waals surface area contributed by atoms with Gasteiger partial charge in [-0.3, -0.25) is 0 Å². The maximum Gasteiger partial charge on any atom is 0.167 e. The zero-order valence-electron chi connectivity index (χ0n) is 38.7. The average Bonchev–Trinajstić information content (AvgIpc) is 3.87. The second kappa shape index (κ2) is 11.4. The van der Waals surface area contributed by atoms with Crippen LogP contribution in [-0.4, -0.2) is 15.0 Å². The van der Waals surface area contributed by atoms with Gasteiger partial charge in [0.25, 0.3) is 0 Å². The van der Waals surface area contributed by atoms with Gasteiger partial charge in [0, 0.05) is 32.7 Å². The van der Waals surface area contributed by atoms with Crippen molar-refractivity contribution in [2.24, 2.45) is 0 Å². The Hall–Kier alpha value is -6.85. The Morgan fingerprint density at radius 2 is 1.10 bits per heavy atom. The van der Waals surface area contributed by atoms with Crippen molar-refractivity contribution in [3.8, 4) is 56.4 Å². The third-order valence-electron chi connectivity index (χ3n) is 8.41. The van der Waals surface area contributed by atoms with Crippen LogP contribution in [0.5, 0.6) is 0 Å². The summed E-state index contributed by atoms with van der Waals surface area (Å²) in [5.74, 6) is 0.410. The Balaban J connectivity index is 1.31. The highest BCUT2D eigenvalue weighted by Gasteiger charge is 2.21. The van der Waals surface area contributed by atoms with Crippen LogP contribution in [0.25, 0.3) is 100 Å². The number of rotatable bonds is 5. The molecule has 0 radical (unpaired) electrons. The Kier molecular flexibility index (Phi) is 4.12. The fraction of sp³-hybridized carbons (Fsp3) is 0. The SMILES string of the molecule is [2H]c1cc2c(oc3c([2H])c(-c4c([2H])c([2H])c(-c5c([2H])c([2H])c([2H])c([2H])c5[2H])c([2H])c4[2H])cc(-c4nc(-c5ccccc5)nc(-c5cccc6c5oc5ccccc56)n4)c32)c([2H])c1[2H]. The van der Waals surface area contributed by atoms with Gasteiger partial charge in [-0.25, -0.2) is 15.0 Å². The number of hydrogen-bond donors (Lipinski definition) is 0. The molecule has 5 heteroatoms. The highest BCUT2D eigenvalue weighted by Crippen LogP contribution is 2.41. The molecule has 5 nitrogen and oxygen atoms in total. The summed E-state index contributed by atoms with van der Waals surface area (Å²) < 4.78 is 126. The van der Waals surface area contributed by atoms with Crippen LogP contribution in [0.1, 0.15) is 17.8 Å². The number of fused-ring (bicyclic) bond motifs is 6. The normalized spacial score (nSPS) is 15.2. The summed E-state index contributed by atoms with van der Waals surface area (Å²) in [4.78, 5) is 14.8. The topological polar surface area (TPSA) is 65.0 Å². The molecule has 50 heavy (non-hydrogen) atoms. The van der Waals surface area contributed by atoms with Gasteiger partial charge in [-0.2, -0.15) is 0 Å². The van der Waals surface area contributed by atoms with Gasteiger partial charge in [-0.1, -0.05) is 133 Å². The van der Waals surface area contributed by atoms with Crippen molar-refractivity contribution in [2.75, 3.05) is 0 Å². The van der Waals surface area contributed by atoms with Crippen LogP contribution in [0.4, 0.5) is 0 Å². The van der Waals surface area contributed by atoms with Crippen molar-refractivity contribution in [1.29, 1.82) is 0 Å². The van der Waals surface area contributed by atoms with Gasteiger partial charge in [0.2, 0.25) is 0 Å². The summed E-state index contributed by atoms with van der Waals surface area (Å²) in [6.45, 7) is 0. The summed E-state index contributed by atoms with van der Waals surface area (Å²) in [6.07, 6.45) is 0. The molecule has 0 aliphatic carbocycles. The van der Waals surface area contributed by atoms with Crippen molar-refractivity contribution in [1.82, 2.24) is 15.0 Å². The van der Waals surface area contributed by atoms with Crippen molar-refractivity contribution < 1.29 is 26.7 Å². The third-order valence-corrected chi connectivity index (χ3v) is 8.41. The second-order valence-electron chi connectivity index (χ2n) is 11.4. The van der Waals surface area contributed by atoms with Crippen LogP contribution in [0.2, 0.25) is 0 Å². The van der Waals surface area contributed by atoms with E-state index in [9.17, 15) is 4.11 Å². The van der Waals surface area contributed by atoms with Crippen LogP contribution >= 0.6 is 0 Å². The summed E-state index contributed by atoms with van der Waals surface area (Å²) >= 11 is 0. The van der Waals surface area contributed by atoms with Gasteiger partial charge in [0.05, 0.1) is 23.4 Å². The Morgan fingerprint density at radius 3 is 1.94 bits per heavy atom. The van der Waals surface area contributed by atoms with Crippen molar-refractivity contribution in [3.05, 3.63) is 163 Å². The van der Waals surface area contributed by atoms with Gasteiger partial charge < -0.3 is 8.83 Å². The number of nitrogens with zero attached hydrogens (tertiary/aromatic N) is 3. The number of aromatic nitrogens is 3. The van der Waals surface area contributed by atoms with E-state index >= 15 is 0 Å². The zero-order valence-corrected chi connectivity index (χ0v) is 25.7. The Morgan fingerprint density at radius 1 is 0.420 bits per heavy atom. The molecule has 234 valence electrons. The van der Waals surface area contributed by atoms with Gasteiger partial charge in [-0.15, -0.1) is 0 Å². The fourth-order valence-corrected chi connectivity index (χ4v) is 6.12. The molecule has 0 spiro atoms. The van der Waals surface area contributed by atoms with Crippen LogP contribution in [0.15, 0.2) is 172 Å². The molecule has 0 atom stereocenters. The molecule has 10 aromatic rings.